The molecule has 0 aliphatic carbocycles. The molecule has 0 fully saturated rings. The molecular formula is C12H12FN3S. The SMILES string of the molecule is NCC(Sc1ncccn1)c1ccccc1F. The largest absolute Gasteiger partial charge is 0.329 e. The van der Waals surface area contributed by atoms with E-state index in [-0.39, 0.29) is 11.1 Å². The summed E-state index contributed by atoms with van der Waals surface area (Å²) in [5.41, 5.74) is 6.27. The molecule has 2 aromatic rings. The molecule has 1 aromatic heterocycles. The standard InChI is InChI=1S/C12H12FN3S/c13-10-5-2-1-4-9(10)11(8-14)17-12-15-6-3-7-16-12/h1-7,11H,8,14H2. The number of rotatable bonds is 4. The third-order valence-corrected chi connectivity index (χ3v) is 3.41. The molecule has 0 spiro atoms. The van der Waals surface area contributed by atoms with E-state index < -0.39 is 0 Å². The Balaban J connectivity index is 2.21. The highest BCUT2D eigenvalue weighted by Gasteiger charge is 2.16. The Morgan fingerprint density at radius 3 is 2.53 bits per heavy atom. The summed E-state index contributed by atoms with van der Waals surface area (Å²) in [5.74, 6) is -0.244. The average molecular weight is 249 g/mol. The van der Waals surface area contributed by atoms with Crippen LogP contribution < -0.4 is 5.73 Å². The number of aromatic nitrogens is 2. The maximum absolute atomic E-state index is 13.6. The summed E-state index contributed by atoms with van der Waals surface area (Å²) in [6, 6.07) is 8.38. The van der Waals surface area contributed by atoms with Gasteiger partial charge in [0, 0.05) is 24.5 Å². The second-order valence-corrected chi connectivity index (χ2v) is 4.56. The van der Waals surface area contributed by atoms with Gasteiger partial charge in [0.15, 0.2) is 5.16 Å². The number of halogens is 1. The van der Waals surface area contributed by atoms with Crippen molar-refractivity contribution < 1.29 is 4.39 Å². The molecule has 2 N–H and O–H groups in total. The van der Waals surface area contributed by atoms with Crippen LogP contribution in [0.2, 0.25) is 0 Å². The zero-order chi connectivity index (χ0) is 12.1. The lowest BCUT2D eigenvalue weighted by Gasteiger charge is -2.14. The molecule has 1 heterocycles. The molecule has 0 aliphatic rings. The minimum absolute atomic E-state index is 0.168. The van der Waals surface area contributed by atoms with Gasteiger partial charge in [-0.2, -0.15) is 0 Å². The zero-order valence-corrected chi connectivity index (χ0v) is 9.90. The van der Waals surface area contributed by atoms with Crippen LogP contribution in [0.5, 0.6) is 0 Å². The molecule has 1 aromatic carbocycles. The number of nitrogens with two attached hydrogens (primary N) is 1. The Morgan fingerprint density at radius 2 is 1.88 bits per heavy atom. The van der Waals surface area contributed by atoms with Crippen molar-refractivity contribution in [1.29, 1.82) is 0 Å². The third-order valence-electron chi connectivity index (χ3n) is 2.26. The fraction of sp³-hybridized carbons (Fsp3) is 0.167. The minimum Gasteiger partial charge on any atom is -0.329 e. The topological polar surface area (TPSA) is 51.8 Å². The molecule has 2 rings (SSSR count). The van der Waals surface area contributed by atoms with E-state index in [1.807, 2.05) is 0 Å². The molecule has 3 nitrogen and oxygen atoms in total. The minimum atomic E-state index is -0.244. The van der Waals surface area contributed by atoms with Gasteiger partial charge < -0.3 is 5.73 Å². The first kappa shape index (κ1) is 12.0. The van der Waals surface area contributed by atoms with E-state index in [9.17, 15) is 4.39 Å². The fourth-order valence-electron chi connectivity index (χ4n) is 1.45. The monoisotopic (exact) mass is 249 g/mol. The highest BCUT2D eigenvalue weighted by atomic mass is 32.2. The fourth-order valence-corrected chi connectivity index (χ4v) is 2.36. The van der Waals surface area contributed by atoms with Gasteiger partial charge in [-0.05, 0) is 12.1 Å². The number of hydrogen-bond acceptors (Lipinski definition) is 4. The van der Waals surface area contributed by atoms with E-state index in [1.165, 1.54) is 17.8 Å². The van der Waals surface area contributed by atoms with Crippen molar-refractivity contribution in [2.24, 2.45) is 5.73 Å². The summed E-state index contributed by atoms with van der Waals surface area (Å²) in [6.07, 6.45) is 3.31. The zero-order valence-electron chi connectivity index (χ0n) is 9.08. The van der Waals surface area contributed by atoms with Crippen molar-refractivity contribution in [2.75, 3.05) is 6.54 Å². The van der Waals surface area contributed by atoms with Gasteiger partial charge in [-0.1, -0.05) is 30.0 Å². The highest BCUT2D eigenvalue weighted by molar-refractivity contribution is 7.99. The van der Waals surface area contributed by atoms with Gasteiger partial charge in [0.1, 0.15) is 5.82 Å². The van der Waals surface area contributed by atoms with Gasteiger partial charge in [0.25, 0.3) is 0 Å². The summed E-state index contributed by atoms with van der Waals surface area (Å²) >= 11 is 1.37. The van der Waals surface area contributed by atoms with Gasteiger partial charge in [-0.3, -0.25) is 0 Å². The van der Waals surface area contributed by atoms with Crippen LogP contribution in [0.3, 0.4) is 0 Å². The van der Waals surface area contributed by atoms with Crippen LogP contribution >= 0.6 is 11.8 Å². The Bertz CT molecular complexity index is 478. The predicted octanol–water partition coefficient (Wildman–Crippen LogP) is 2.41. The number of thioether (sulfide) groups is 1. The van der Waals surface area contributed by atoms with Crippen LogP contribution in [0, 0.1) is 5.82 Å². The Morgan fingerprint density at radius 1 is 1.18 bits per heavy atom. The van der Waals surface area contributed by atoms with E-state index in [2.05, 4.69) is 9.97 Å². The third kappa shape index (κ3) is 3.01. The van der Waals surface area contributed by atoms with Gasteiger partial charge >= 0.3 is 0 Å². The van der Waals surface area contributed by atoms with Crippen LogP contribution in [-0.4, -0.2) is 16.5 Å². The van der Waals surface area contributed by atoms with E-state index in [1.54, 1.807) is 36.7 Å². The van der Waals surface area contributed by atoms with Crippen molar-refractivity contribution in [3.8, 4) is 0 Å². The summed E-state index contributed by atoms with van der Waals surface area (Å²) in [5, 5.41) is 0.435. The maximum atomic E-state index is 13.6. The maximum Gasteiger partial charge on any atom is 0.188 e. The lowest BCUT2D eigenvalue weighted by molar-refractivity contribution is 0.608. The summed E-state index contributed by atoms with van der Waals surface area (Å²) < 4.78 is 13.6. The number of hydrogen-bond donors (Lipinski definition) is 1. The molecule has 0 saturated carbocycles. The second-order valence-electron chi connectivity index (χ2n) is 3.40. The van der Waals surface area contributed by atoms with Gasteiger partial charge in [-0.25, -0.2) is 14.4 Å². The summed E-state index contributed by atoms with van der Waals surface area (Å²) in [7, 11) is 0. The molecule has 0 amide bonds. The molecule has 0 bridgehead atoms. The smallest absolute Gasteiger partial charge is 0.188 e. The lowest BCUT2D eigenvalue weighted by atomic mass is 10.1. The normalized spacial score (nSPS) is 12.4. The molecule has 0 aliphatic heterocycles. The van der Waals surface area contributed by atoms with Crippen LogP contribution in [0.25, 0.3) is 0 Å². The van der Waals surface area contributed by atoms with Crippen molar-refractivity contribution >= 4 is 11.8 Å². The summed E-state index contributed by atoms with van der Waals surface area (Å²) in [4.78, 5) is 8.19. The molecule has 1 atom stereocenters. The first-order valence-corrected chi connectivity index (χ1v) is 6.07. The van der Waals surface area contributed by atoms with Gasteiger partial charge in [-0.15, -0.1) is 0 Å². The molecule has 17 heavy (non-hydrogen) atoms. The van der Waals surface area contributed by atoms with Crippen molar-refractivity contribution in [3.05, 3.63) is 54.1 Å². The first-order valence-electron chi connectivity index (χ1n) is 5.19. The molecule has 88 valence electrons. The molecule has 5 heteroatoms. The van der Waals surface area contributed by atoms with Crippen LogP contribution in [0.1, 0.15) is 10.8 Å². The molecule has 0 saturated heterocycles. The molecular weight excluding hydrogens is 237 g/mol. The Hall–Kier alpha value is -1.46. The van der Waals surface area contributed by atoms with Crippen molar-refractivity contribution in [1.82, 2.24) is 9.97 Å². The van der Waals surface area contributed by atoms with Crippen LogP contribution in [-0.2, 0) is 0 Å². The van der Waals surface area contributed by atoms with Crippen molar-refractivity contribution in [2.45, 2.75) is 10.4 Å². The predicted molar refractivity (Wildman–Crippen MR) is 66.1 cm³/mol. The Kier molecular flexibility index (Phi) is 4.06. The van der Waals surface area contributed by atoms with E-state index in [0.29, 0.717) is 17.3 Å². The first-order chi connectivity index (χ1) is 8.31. The van der Waals surface area contributed by atoms with E-state index >= 15 is 0 Å². The number of nitrogens with zero attached hydrogens (tertiary/aromatic N) is 2. The summed E-state index contributed by atoms with van der Waals surface area (Å²) in [6.45, 7) is 0.337. The van der Waals surface area contributed by atoms with Crippen molar-refractivity contribution in [3.63, 3.8) is 0 Å². The van der Waals surface area contributed by atoms with Crippen LogP contribution in [0.4, 0.5) is 4.39 Å². The Labute approximate surface area is 103 Å². The quantitative estimate of drug-likeness (QED) is 0.668. The van der Waals surface area contributed by atoms with Gasteiger partial charge in [0.05, 0.1) is 5.25 Å². The second kappa shape index (κ2) is 5.75. The molecule has 1 unspecified atom stereocenters. The lowest BCUT2D eigenvalue weighted by Crippen LogP contribution is -2.11. The van der Waals surface area contributed by atoms with Gasteiger partial charge in [0.2, 0.25) is 0 Å². The van der Waals surface area contributed by atoms with Crippen LogP contribution in [0.15, 0.2) is 47.9 Å². The average Bonchev–Trinajstić information content (AvgIpc) is 2.38. The van der Waals surface area contributed by atoms with E-state index in [0.717, 1.165) is 0 Å². The number of benzene rings is 1. The highest BCUT2D eigenvalue weighted by Crippen LogP contribution is 2.33. The van der Waals surface area contributed by atoms with E-state index in [4.69, 9.17) is 5.73 Å². The molecule has 0 radical (unpaired) electrons.